The van der Waals surface area contributed by atoms with Crippen LogP contribution in [0, 0.1) is 0 Å². The molecule has 2 saturated heterocycles. The molecule has 2 aromatic rings. The van der Waals surface area contributed by atoms with Crippen molar-refractivity contribution in [3.63, 3.8) is 0 Å². The van der Waals surface area contributed by atoms with Crippen molar-refractivity contribution in [1.29, 1.82) is 0 Å². The molecule has 0 aliphatic carbocycles. The molecule has 16 heteroatoms. The summed E-state index contributed by atoms with van der Waals surface area (Å²) < 4.78 is 40.5. The number of esters is 5. The van der Waals surface area contributed by atoms with Crippen LogP contribution in [0.4, 0.5) is 0 Å². The van der Waals surface area contributed by atoms with Crippen LogP contribution >= 0.6 is 22.9 Å². The van der Waals surface area contributed by atoms with Crippen LogP contribution in [-0.2, 0) is 68.3 Å². The number of benzene rings is 1. The van der Waals surface area contributed by atoms with Gasteiger partial charge in [-0.3, -0.25) is 28.8 Å². The maximum Gasteiger partial charge on any atom is 0.305 e. The highest BCUT2D eigenvalue weighted by Crippen LogP contribution is 2.37. The molecule has 0 radical (unpaired) electrons. The fourth-order valence-electron chi connectivity index (χ4n) is 6.40. The number of halogens is 1. The van der Waals surface area contributed by atoms with Crippen LogP contribution in [-0.4, -0.2) is 104 Å². The monoisotopic (exact) mass is 805 g/mol. The van der Waals surface area contributed by atoms with Gasteiger partial charge in [0, 0.05) is 62.0 Å². The van der Waals surface area contributed by atoms with E-state index in [1.54, 1.807) is 16.2 Å². The number of hydrogen-bond acceptors (Lipinski definition) is 14. The standard InChI is InChI=1S/C39H48ClNO13S/c1-23(42)49-22-30-36(50-24(2)43)37(51-25(3)44)38(52-26(4)45)39(54-30)53-28(18-19-32-35(40)29-12-9-10-13-31(29)55-32)17-15-27-16-20-33(46)41(27)21-11-7-6-8-14-34(47)48-5/h7,9-13,15,17,27-28,30,36-39H,6,8,14,16,18-22H2,1-5H3/b11-7-,17-15+/t27-,28?,30?,36+,37-,38?,39+/m0/s1. The van der Waals surface area contributed by atoms with Gasteiger partial charge in [-0.1, -0.05) is 54.1 Å². The zero-order valence-electron chi connectivity index (χ0n) is 31.6. The molecule has 14 nitrogen and oxygen atoms in total. The van der Waals surface area contributed by atoms with Crippen LogP contribution < -0.4 is 0 Å². The first kappa shape index (κ1) is 43.4. The number of likely N-dealkylation sites (tertiary alicyclic amines) is 1. The summed E-state index contributed by atoms with van der Waals surface area (Å²) in [6.45, 7) is 4.62. The number of carbonyl (C=O) groups excluding carboxylic acids is 6. The first-order chi connectivity index (χ1) is 26.3. The summed E-state index contributed by atoms with van der Waals surface area (Å²) in [7, 11) is 1.35. The minimum Gasteiger partial charge on any atom is -0.469 e. The molecule has 0 spiro atoms. The highest BCUT2D eigenvalue weighted by atomic mass is 35.5. The molecular weight excluding hydrogens is 758 g/mol. The van der Waals surface area contributed by atoms with Crippen molar-refractivity contribution in [2.24, 2.45) is 0 Å². The summed E-state index contributed by atoms with van der Waals surface area (Å²) in [4.78, 5) is 75.8. The molecule has 0 saturated carbocycles. The van der Waals surface area contributed by atoms with Gasteiger partial charge in [0.25, 0.3) is 0 Å². The molecule has 2 aliphatic heterocycles. The Labute approximate surface area is 329 Å². The highest BCUT2D eigenvalue weighted by Gasteiger charge is 2.53. The summed E-state index contributed by atoms with van der Waals surface area (Å²) in [6, 6.07) is 7.52. The number of ether oxygens (including phenoxy) is 7. The number of unbranched alkanes of at least 4 members (excludes halogenated alkanes) is 1. The number of methoxy groups -OCH3 is 1. The molecule has 1 amide bonds. The normalized spacial score (nSPS) is 23.2. The Balaban J connectivity index is 1.64. The van der Waals surface area contributed by atoms with Gasteiger partial charge in [0.2, 0.25) is 5.91 Å². The largest absolute Gasteiger partial charge is 0.469 e. The number of thiophene rings is 1. The summed E-state index contributed by atoms with van der Waals surface area (Å²) in [5.74, 6) is -3.17. The fourth-order valence-corrected chi connectivity index (χ4v) is 7.94. The first-order valence-electron chi connectivity index (χ1n) is 18.1. The minimum absolute atomic E-state index is 0.0111. The third kappa shape index (κ3) is 12.9. The van der Waals surface area contributed by atoms with Gasteiger partial charge in [0.05, 0.1) is 24.3 Å². The molecular formula is C39H48ClNO13S. The molecule has 0 N–H and O–H groups in total. The van der Waals surface area contributed by atoms with Gasteiger partial charge in [-0.15, -0.1) is 11.3 Å². The van der Waals surface area contributed by atoms with Crippen molar-refractivity contribution in [2.45, 2.75) is 115 Å². The van der Waals surface area contributed by atoms with Crippen molar-refractivity contribution in [3.05, 3.63) is 58.5 Å². The molecule has 300 valence electrons. The number of rotatable bonds is 18. The molecule has 2 aliphatic rings. The van der Waals surface area contributed by atoms with Crippen molar-refractivity contribution < 1.29 is 61.9 Å². The average Bonchev–Trinajstić information content (AvgIpc) is 3.65. The van der Waals surface area contributed by atoms with E-state index in [1.165, 1.54) is 14.0 Å². The molecule has 3 unspecified atom stereocenters. The lowest BCUT2D eigenvalue weighted by Crippen LogP contribution is -2.63. The number of fused-ring (bicyclic) bond motifs is 1. The van der Waals surface area contributed by atoms with E-state index in [0.29, 0.717) is 56.5 Å². The van der Waals surface area contributed by atoms with Gasteiger partial charge in [0.1, 0.15) is 12.7 Å². The van der Waals surface area contributed by atoms with Gasteiger partial charge in [-0.25, -0.2) is 0 Å². The minimum atomic E-state index is -1.41. The van der Waals surface area contributed by atoms with E-state index in [2.05, 4.69) is 4.74 Å². The summed E-state index contributed by atoms with van der Waals surface area (Å²) in [6.07, 6.45) is 3.42. The van der Waals surface area contributed by atoms with Crippen LogP contribution in [0.3, 0.4) is 0 Å². The van der Waals surface area contributed by atoms with Crippen LogP contribution in [0.2, 0.25) is 5.02 Å². The molecule has 3 heterocycles. The van der Waals surface area contributed by atoms with Crippen molar-refractivity contribution in [2.75, 3.05) is 20.3 Å². The van der Waals surface area contributed by atoms with Gasteiger partial charge in [0.15, 0.2) is 24.6 Å². The molecule has 4 rings (SSSR count). The van der Waals surface area contributed by atoms with Gasteiger partial charge < -0.3 is 38.1 Å². The molecule has 0 bridgehead atoms. The lowest BCUT2D eigenvalue weighted by molar-refractivity contribution is -0.314. The molecule has 55 heavy (non-hydrogen) atoms. The molecule has 1 aromatic carbocycles. The van der Waals surface area contributed by atoms with E-state index in [1.807, 2.05) is 48.6 Å². The number of nitrogens with zero attached hydrogens (tertiary/aromatic N) is 1. The second kappa shape index (κ2) is 21.1. The number of aryl methyl sites for hydroxylation is 1. The second-order valence-electron chi connectivity index (χ2n) is 13.1. The van der Waals surface area contributed by atoms with E-state index in [0.717, 1.165) is 35.7 Å². The van der Waals surface area contributed by atoms with E-state index in [4.69, 9.17) is 40.0 Å². The summed E-state index contributed by atoms with van der Waals surface area (Å²) in [5.41, 5.74) is 0. The van der Waals surface area contributed by atoms with Crippen molar-refractivity contribution >= 4 is 68.8 Å². The van der Waals surface area contributed by atoms with Gasteiger partial charge >= 0.3 is 29.8 Å². The predicted octanol–water partition coefficient (Wildman–Crippen LogP) is 5.40. The highest BCUT2D eigenvalue weighted by molar-refractivity contribution is 7.19. The Hall–Kier alpha value is -4.31. The topological polar surface area (TPSA) is 170 Å². The molecule has 1 aromatic heterocycles. The lowest BCUT2D eigenvalue weighted by atomic mass is 9.98. The number of hydrogen-bond donors (Lipinski definition) is 0. The van der Waals surface area contributed by atoms with Gasteiger partial charge in [-0.05, 0) is 38.2 Å². The van der Waals surface area contributed by atoms with Crippen LogP contribution in [0.5, 0.6) is 0 Å². The number of amides is 1. The Bertz CT molecular complexity index is 1740. The van der Waals surface area contributed by atoms with Crippen molar-refractivity contribution in [3.8, 4) is 0 Å². The second-order valence-corrected chi connectivity index (χ2v) is 14.6. The third-order valence-corrected chi connectivity index (χ3v) is 10.7. The smallest absolute Gasteiger partial charge is 0.305 e. The zero-order chi connectivity index (χ0) is 40.1. The van der Waals surface area contributed by atoms with Crippen molar-refractivity contribution in [1.82, 2.24) is 4.90 Å². The summed E-state index contributed by atoms with van der Waals surface area (Å²) in [5, 5.41) is 1.55. The molecule has 7 atom stereocenters. The quantitative estimate of drug-likeness (QED) is 0.0813. The average molecular weight is 806 g/mol. The Morgan fingerprint density at radius 1 is 0.964 bits per heavy atom. The Morgan fingerprint density at radius 2 is 1.65 bits per heavy atom. The molecule has 2 fully saturated rings. The van der Waals surface area contributed by atoms with E-state index < -0.39 is 67.3 Å². The maximum absolute atomic E-state index is 12.9. The van der Waals surface area contributed by atoms with Crippen LogP contribution in [0.25, 0.3) is 10.1 Å². The van der Waals surface area contributed by atoms with Crippen LogP contribution in [0.15, 0.2) is 48.6 Å². The number of carbonyl (C=O) groups is 6. The fraction of sp³-hybridized carbons (Fsp3) is 0.538. The zero-order valence-corrected chi connectivity index (χ0v) is 33.1. The van der Waals surface area contributed by atoms with Crippen LogP contribution in [0.1, 0.15) is 71.1 Å². The lowest BCUT2D eigenvalue weighted by Gasteiger charge is -2.44. The first-order valence-corrected chi connectivity index (χ1v) is 19.3. The number of allylic oxidation sites excluding steroid dienone is 1. The van der Waals surface area contributed by atoms with E-state index >= 15 is 0 Å². The Morgan fingerprint density at radius 3 is 2.33 bits per heavy atom. The SMILES string of the molecule is COC(=O)CCC/C=C\CN1C(=O)CC[C@@H]1/C=C/C(CCc1sc2ccccc2c1Cl)O[C@@H]1OC(COC(C)=O)[C@@H](OC(C)=O)[C@H](OC(C)=O)C1OC(C)=O. The maximum atomic E-state index is 12.9. The van der Waals surface area contributed by atoms with E-state index in [9.17, 15) is 28.8 Å². The summed E-state index contributed by atoms with van der Waals surface area (Å²) >= 11 is 8.35. The van der Waals surface area contributed by atoms with Gasteiger partial charge in [-0.2, -0.15) is 0 Å². The third-order valence-electron chi connectivity index (χ3n) is 8.89. The van der Waals surface area contributed by atoms with E-state index in [-0.39, 0.29) is 17.9 Å². The Kier molecular flexibility index (Phi) is 16.7. The predicted molar refractivity (Wildman–Crippen MR) is 201 cm³/mol.